The van der Waals surface area contributed by atoms with Gasteiger partial charge in [-0.15, -0.1) is 20.2 Å². The first-order chi connectivity index (χ1) is 14.8. The van der Waals surface area contributed by atoms with Crippen LogP contribution in [0.25, 0.3) is 0 Å². The van der Waals surface area contributed by atoms with Gasteiger partial charge in [0.1, 0.15) is 25.9 Å². The first kappa shape index (κ1) is 27.9. The zero-order valence-corrected chi connectivity index (χ0v) is 16.5. The van der Waals surface area contributed by atoms with Crippen molar-refractivity contribution in [3.63, 3.8) is 0 Å². The van der Waals surface area contributed by atoms with Crippen molar-refractivity contribution in [2.24, 2.45) is 5.73 Å². The number of aliphatic carboxylic acids is 1. The molecule has 0 aliphatic heterocycles. The van der Waals surface area contributed by atoms with E-state index in [4.69, 9.17) is 10.8 Å². The molecule has 1 amide bonds. The third-order valence-corrected chi connectivity index (χ3v) is 3.30. The van der Waals surface area contributed by atoms with Crippen LogP contribution in [-0.4, -0.2) is 82.9 Å². The molecule has 0 aliphatic rings. The van der Waals surface area contributed by atoms with E-state index in [1.54, 1.807) is 0 Å². The van der Waals surface area contributed by atoms with Gasteiger partial charge in [-0.1, -0.05) is 0 Å². The summed E-state index contributed by atoms with van der Waals surface area (Å²) in [6.45, 7) is -1.94. The van der Waals surface area contributed by atoms with Gasteiger partial charge in [0.25, 0.3) is 10.2 Å². The lowest BCUT2D eigenvalue weighted by Crippen LogP contribution is -2.47. The SMILES string of the molecule is CC(=O)C(=O)OC[C@H](NC(=O)CC[C@H](N)C(=O)O)C(=O)OC[C@H](CO[N+](=O)[O-])O[N+](=O)[O-]. The van der Waals surface area contributed by atoms with Crippen molar-refractivity contribution in [3.05, 3.63) is 20.2 Å². The average molecular weight is 468 g/mol. The maximum atomic E-state index is 12.2. The van der Waals surface area contributed by atoms with Crippen LogP contribution >= 0.6 is 0 Å². The van der Waals surface area contributed by atoms with Gasteiger partial charge in [-0.25, -0.2) is 9.59 Å². The maximum Gasteiger partial charge on any atom is 0.374 e. The number of hydrogen-bond donors (Lipinski definition) is 3. The van der Waals surface area contributed by atoms with Gasteiger partial charge in [-0.3, -0.25) is 14.4 Å². The van der Waals surface area contributed by atoms with Crippen LogP contribution in [0.4, 0.5) is 0 Å². The second-order valence-electron chi connectivity index (χ2n) is 5.86. The molecule has 0 saturated carbocycles. The van der Waals surface area contributed by atoms with Crippen molar-refractivity contribution < 1.29 is 58.4 Å². The molecule has 0 aromatic heterocycles. The Morgan fingerprint density at radius 3 is 2.16 bits per heavy atom. The Morgan fingerprint density at radius 1 is 1.03 bits per heavy atom. The number of carboxylic acid groups (broad SMARTS) is 1. The zero-order chi connectivity index (χ0) is 24.8. The van der Waals surface area contributed by atoms with Crippen LogP contribution in [0.3, 0.4) is 0 Å². The van der Waals surface area contributed by atoms with Gasteiger partial charge in [-0.2, -0.15) is 0 Å². The van der Waals surface area contributed by atoms with Crippen molar-refractivity contribution in [3.8, 4) is 0 Å². The van der Waals surface area contributed by atoms with Crippen LogP contribution in [0.1, 0.15) is 19.8 Å². The number of Topliss-reactive ketones (excluding diaryl/α,β-unsaturated/α-hetero) is 1. The molecule has 32 heavy (non-hydrogen) atoms. The molecule has 0 rings (SSSR count). The third-order valence-electron chi connectivity index (χ3n) is 3.30. The lowest BCUT2D eigenvalue weighted by molar-refractivity contribution is -0.790. The van der Waals surface area contributed by atoms with Crippen LogP contribution in [0, 0.1) is 20.2 Å². The highest BCUT2D eigenvalue weighted by molar-refractivity contribution is 6.32. The van der Waals surface area contributed by atoms with Crippen LogP contribution in [0.2, 0.25) is 0 Å². The van der Waals surface area contributed by atoms with E-state index >= 15 is 0 Å². The Balaban J connectivity index is 5.09. The molecule has 4 N–H and O–H groups in total. The number of esters is 2. The molecule has 0 aliphatic carbocycles. The Hall–Kier alpha value is -4.09. The van der Waals surface area contributed by atoms with Crippen molar-refractivity contribution in [2.75, 3.05) is 19.8 Å². The van der Waals surface area contributed by atoms with Gasteiger partial charge in [0.2, 0.25) is 11.7 Å². The molecule has 3 atom stereocenters. The standard InChI is InChI=1S/C14H20N4O14/c1-7(19)13(23)30-6-10(16-11(20)3-2-9(15)12(21)22)14(24)29-4-8(32-18(27)28)5-31-17(25)26/h8-10H,2-6,15H2,1H3,(H,16,20)(H,21,22)/t8-,9+,10+/m1/s1. The molecule has 0 fully saturated rings. The van der Waals surface area contributed by atoms with E-state index in [2.05, 4.69) is 24.5 Å². The lowest BCUT2D eigenvalue weighted by Gasteiger charge is -2.19. The van der Waals surface area contributed by atoms with Crippen LogP contribution in [0.5, 0.6) is 0 Å². The first-order valence-corrected chi connectivity index (χ1v) is 8.54. The molecule has 18 heteroatoms. The molecule has 0 spiro atoms. The summed E-state index contributed by atoms with van der Waals surface area (Å²) in [5.41, 5.74) is 5.25. The molecule has 0 aromatic carbocycles. The summed E-state index contributed by atoms with van der Waals surface area (Å²) in [6, 6.07) is -3.09. The monoisotopic (exact) mass is 468 g/mol. The maximum absolute atomic E-state index is 12.2. The fraction of sp³-hybridized carbons (Fsp3) is 0.643. The van der Waals surface area contributed by atoms with Gasteiger partial charge in [0.05, 0.1) is 0 Å². The number of hydrogen-bond acceptors (Lipinski definition) is 14. The summed E-state index contributed by atoms with van der Waals surface area (Å²) in [7, 11) is 0. The van der Waals surface area contributed by atoms with Crippen molar-refractivity contribution in [2.45, 2.75) is 38.0 Å². The van der Waals surface area contributed by atoms with E-state index in [9.17, 15) is 44.2 Å². The highest BCUT2D eigenvalue weighted by Gasteiger charge is 2.27. The molecular weight excluding hydrogens is 448 g/mol. The Morgan fingerprint density at radius 2 is 1.66 bits per heavy atom. The summed E-state index contributed by atoms with van der Waals surface area (Å²) < 4.78 is 9.20. The van der Waals surface area contributed by atoms with E-state index in [1.165, 1.54) is 0 Å². The molecule has 0 saturated heterocycles. The molecule has 18 nitrogen and oxygen atoms in total. The topological polar surface area (TPSA) is 267 Å². The van der Waals surface area contributed by atoms with Crippen LogP contribution in [-0.2, 0) is 43.1 Å². The number of ketones is 1. The first-order valence-electron chi connectivity index (χ1n) is 8.54. The molecular formula is C14H20N4O14. The van der Waals surface area contributed by atoms with Gasteiger partial charge >= 0.3 is 17.9 Å². The summed E-state index contributed by atoms with van der Waals surface area (Å²) in [5.74, 6) is -5.98. The van der Waals surface area contributed by atoms with E-state index < -0.39 is 84.2 Å². The number of carbonyl (C=O) groups excluding carboxylic acids is 4. The Kier molecular flexibility index (Phi) is 12.2. The minimum Gasteiger partial charge on any atom is -0.480 e. The number of nitrogens with two attached hydrogens (primary N) is 1. The minimum atomic E-state index is -1.72. The van der Waals surface area contributed by atoms with Gasteiger partial charge < -0.3 is 35.3 Å². The second kappa shape index (κ2) is 14.0. The number of carbonyl (C=O) groups is 5. The summed E-state index contributed by atoms with van der Waals surface area (Å²) >= 11 is 0. The quantitative estimate of drug-likeness (QED) is 0.0888. The van der Waals surface area contributed by atoms with Gasteiger partial charge in [-0.05, 0) is 6.42 Å². The van der Waals surface area contributed by atoms with E-state index in [0.29, 0.717) is 0 Å². The van der Waals surface area contributed by atoms with Crippen molar-refractivity contribution >= 4 is 29.6 Å². The van der Waals surface area contributed by atoms with Crippen molar-refractivity contribution in [1.29, 1.82) is 0 Å². The second-order valence-corrected chi connectivity index (χ2v) is 5.86. The molecule has 180 valence electrons. The summed E-state index contributed by atoms with van der Waals surface area (Å²) in [4.78, 5) is 85.6. The average Bonchev–Trinajstić information content (AvgIpc) is 2.69. The van der Waals surface area contributed by atoms with E-state index in [0.717, 1.165) is 6.92 Å². The fourth-order valence-corrected chi connectivity index (χ4v) is 1.76. The van der Waals surface area contributed by atoms with Crippen molar-refractivity contribution in [1.82, 2.24) is 5.32 Å². The Labute approximate surface area is 178 Å². The van der Waals surface area contributed by atoms with E-state index in [-0.39, 0.29) is 6.42 Å². The highest BCUT2D eigenvalue weighted by Crippen LogP contribution is 2.02. The smallest absolute Gasteiger partial charge is 0.374 e. The fourth-order valence-electron chi connectivity index (χ4n) is 1.76. The molecule has 0 unspecified atom stereocenters. The van der Waals surface area contributed by atoms with Gasteiger partial charge in [0.15, 0.2) is 12.1 Å². The zero-order valence-electron chi connectivity index (χ0n) is 16.5. The Bertz CT molecular complexity index is 741. The predicted molar refractivity (Wildman–Crippen MR) is 94.2 cm³/mol. The molecule has 0 aromatic rings. The summed E-state index contributed by atoms with van der Waals surface area (Å²) in [5, 5.41) is 28.8. The molecule has 0 radical (unpaired) electrons. The number of nitrogens with zero attached hydrogens (tertiary/aromatic N) is 2. The largest absolute Gasteiger partial charge is 0.480 e. The van der Waals surface area contributed by atoms with Crippen LogP contribution < -0.4 is 11.1 Å². The lowest BCUT2D eigenvalue weighted by atomic mass is 10.1. The number of amides is 1. The number of carboxylic acids is 1. The third kappa shape index (κ3) is 12.5. The molecule has 0 heterocycles. The van der Waals surface area contributed by atoms with Gasteiger partial charge in [0, 0.05) is 13.3 Å². The molecule has 0 bridgehead atoms. The number of nitrogens with one attached hydrogen (secondary N) is 1. The predicted octanol–water partition coefficient (Wildman–Crippen LogP) is -2.88. The van der Waals surface area contributed by atoms with E-state index in [1.807, 2.05) is 0 Å². The van der Waals surface area contributed by atoms with Crippen LogP contribution in [0.15, 0.2) is 0 Å². The number of rotatable bonds is 16. The highest BCUT2D eigenvalue weighted by atomic mass is 17.0. The summed E-state index contributed by atoms with van der Waals surface area (Å²) in [6.07, 6.45) is -2.49. The number of ether oxygens (including phenoxy) is 2. The normalized spacial score (nSPS) is 12.9. The minimum absolute atomic E-state index is 0.312.